The van der Waals surface area contributed by atoms with E-state index in [4.69, 9.17) is 4.74 Å². The van der Waals surface area contributed by atoms with E-state index in [-0.39, 0.29) is 5.69 Å². The minimum absolute atomic E-state index is 0.0434. The third-order valence-corrected chi connectivity index (χ3v) is 3.33. The van der Waals surface area contributed by atoms with Gasteiger partial charge in [0.2, 0.25) is 5.91 Å². The highest BCUT2D eigenvalue weighted by Gasteiger charge is 2.07. The average Bonchev–Trinajstić information content (AvgIpc) is 2.65. The highest BCUT2D eigenvalue weighted by molar-refractivity contribution is 6.02. The van der Waals surface area contributed by atoms with Crippen LogP contribution in [-0.4, -0.2) is 23.4 Å². The van der Waals surface area contributed by atoms with Crippen molar-refractivity contribution >= 4 is 29.3 Å². The first-order chi connectivity index (χ1) is 12.5. The predicted octanol–water partition coefficient (Wildman–Crippen LogP) is 3.81. The third-order valence-electron chi connectivity index (χ3n) is 3.33. The molecule has 2 rings (SSSR count). The molecule has 0 radical (unpaired) electrons. The van der Waals surface area contributed by atoms with Crippen molar-refractivity contribution in [2.75, 3.05) is 11.9 Å². The van der Waals surface area contributed by atoms with Crippen LogP contribution in [0, 0.1) is 10.1 Å². The maximum atomic E-state index is 11.9. The Bertz CT molecular complexity index is 828. The van der Waals surface area contributed by atoms with Crippen molar-refractivity contribution in [3.05, 3.63) is 75.8 Å². The van der Waals surface area contributed by atoms with Crippen LogP contribution in [0.1, 0.15) is 29.3 Å². The molecule has 2 aromatic rings. The molecule has 0 aliphatic rings. The number of nitro groups is 1. The highest BCUT2D eigenvalue weighted by atomic mass is 16.6. The summed E-state index contributed by atoms with van der Waals surface area (Å²) in [5, 5.41) is 13.4. The lowest BCUT2D eigenvalue weighted by molar-refractivity contribution is -0.384. The Morgan fingerprint density at radius 3 is 2.58 bits per heavy atom. The maximum Gasteiger partial charge on any atom is 0.338 e. The van der Waals surface area contributed by atoms with Gasteiger partial charge in [0.15, 0.2) is 0 Å². The lowest BCUT2D eigenvalue weighted by atomic mass is 10.2. The molecule has 0 aliphatic heterocycles. The Morgan fingerprint density at radius 1 is 1.19 bits per heavy atom. The van der Waals surface area contributed by atoms with Crippen LogP contribution in [0.25, 0.3) is 6.08 Å². The standard InChI is InChI=1S/C19H18N2O5/c1-2-12-26-19(23)15-7-9-16(10-8-15)20-18(22)11-6-14-4-3-5-17(13-14)21(24)25/h3-11,13H,2,12H2,1H3,(H,20,22). The molecule has 0 fully saturated rings. The van der Waals surface area contributed by atoms with Gasteiger partial charge in [0.05, 0.1) is 17.1 Å². The number of anilines is 1. The second-order valence-electron chi connectivity index (χ2n) is 5.39. The monoisotopic (exact) mass is 354 g/mol. The van der Waals surface area contributed by atoms with E-state index in [1.165, 1.54) is 24.3 Å². The van der Waals surface area contributed by atoms with Gasteiger partial charge in [-0.15, -0.1) is 0 Å². The zero-order valence-corrected chi connectivity index (χ0v) is 14.2. The van der Waals surface area contributed by atoms with Crippen molar-refractivity contribution in [3.8, 4) is 0 Å². The molecule has 7 nitrogen and oxygen atoms in total. The van der Waals surface area contributed by atoms with E-state index in [9.17, 15) is 19.7 Å². The van der Waals surface area contributed by atoms with E-state index in [0.29, 0.717) is 23.4 Å². The van der Waals surface area contributed by atoms with Gasteiger partial charge in [0.1, 0.15) is 0 Å². The van der Waals surface area contributed by atoms with Gasteiger partial charge in [-0.05, 0) is 42.3 Å². The molecule has 26 heavy (non-hydrogen) atoms. The van der Waals surface area contributed by atoms with Crippen molar-refractivity contribution in [3.63, 3.8) is 0 Å². The summed E-state index contributed by atoms with van der Waals surface area (Å²) in [6.07, 6.45) is 3.51. The number of non-ortho nitro benzene ring substituents is 1. The lowest BCUT2D eigenvalue weighted by Gasteiger charge is -2.05. The number of nitrogens with one attached hydrogen (secondary N) is 1. The number of rotatable bonds is 7. The number of nitro benzene ring substituents is 1. The Morgan fingerprint density at radius 2 is 1.92 bits per heavy atom. The fourth-order valence-electron chi connectivity index (χ4n) is 2.07. The van der Waals surface area contributed by atoms with Crippen LogP contribution >= 0.6 is 0 Å². The first-order valence-electron chi connectivity index (χ1n) is 8.00. The fraction of sp³-hybridized carbons (Fsp3) is 0.158. The molecule has 134 valence electrons. The van der Waals surface area contributed by atoms with Gasteiger partial charge in [-0.3, -0.25) is 14.9 Å². The van der Waals surface area contributed by atoms with Gasteiger partial charge < -0.3 is 10.1 Å². The van der Waals surface area contributed by atoms with Gasteiger partial charge in [-0.1, -0.05) is 19.1 Å². The van der Waals surface area contributed by atoms with Crippen molar-refractivity contribution < 1.29 is 19.2 Å². The molecule has 2 aromatic carbocycles. The first-order valence-corrected chi connectivity index (χ1v) is 8.00. The number of ether oxygens (including phenoxy) is 1. The molecule has 7 heteroatoms. The number of hydrogen-bond acceptors (Lipinski definition) is 5. The van der Waals surface area contributed by atoms with E-state index in [2.05, 4.69) is 5.32 Å². The Hall–Kier alpha value is -3.48. The third kappa shape index (κ3) is 5.55. The van der Waals surface area contributed by atoms with E-state index < -0.39 is 16.8 Å². The Balaban J connectivity index is 1.96. The highest BCUT2D eigenvalue weighted by Crippen LogP contribution is 2.15. The maximum absolute atomic E-state index is 11.9. The number of carbonyl (C=O) groups is 2. The summed E-state index contributed by atoms with van der Waals surface area (Å²) in [6, 6.07) is 12.3. The van der Waals surface area contributed by atoms with E-state index in [1.807, 2.05) is 6.92 Å². The van der Waals surface area contributed by atoms with Gasteiger partial charge >= 0.3 is 5.97 Å². The van der Waals surface area contributed by atoms with Crippen LogP contribution in [0.15, 0.2) is 54.6 Å². The minimum atomic E-state index is -0.496. The zero-order chi connectivity index (χ0) is 18.9. The summed E-state index contributed by atoms with van der Waals surface area (Å²) in [5.41, 5.74) is 1.43. The smallest absolute Gasteiger partial charge is 0.338 e. The number of carbonyl (C=O) groups excluding carboxylic acids is 2. The summed E-state index contributed by atoms with van der Waals surface area (Å²) in [6.45, 7) is 2.27. The number of amides is 1. The van der Waals surface area contributed by atoms with Crippen LogP contribution in [0.5, 0.6) is 0 Å². The van der Waals surface area contributed by atoms with Crippen LogP contribution < -0.4 is 5.32 Å². The summed E-state index contributed by atoms with van der Waals surface area (Å²) >= 11 is 0. The lowest BCUT2D eigenvalue weighted by Crippen LogP contribution is -2.09. The number of nitrogens with zero attached hydrogens (tertiary/aromatic N) is 1. The van der Waals surface area contributed by atoms with Gasteiger partial charge in [-0.25, -0.2) is 4.79 Å². The molecule has 0 spiro atoms. The summed E-state index contributed by atoms with van der Waals surface area (Å²) in [7, 11) is 0. The molecule has 0 unspecified atom stereocenters. The van der Waals surface area contributed by atoms with Gasteiger partial charge in [0.25, 0.3) is 5.69 Å². The van der Waals surface area contributed by atoms with Crippen molar-refractivity contribution in [1.29, 1.82) is 0 Å². The number of hydrogen-bond donors (Lipinski definition) is 1. The van der Waals surface area contributed by atoms with Crippen molar-refractivity contribution in [2.24, 2.45) is 0 Å². The molecule has 0 saturated carbocycles. The van der Waals surface area contributed by atoms with E-state index in [0.717, 1.165) is 6.42 Å². The molecule has 0 heterocycles. The quantitative estimate of drug-likeness (QED) is 0.353. The normalized spacial score (nSPS) is 10.5. The van der Waals surface area contributed by atoms with Crippen LogP contribution in [0.3, 0.4) is 0 Å². The molecular weight excluding hydrogens is 336 g/mol. The van der Waals surface area contributed by atoms with Crippen LogP contribution in [-0.2, 0) is 9.53 Å². The zero-order valence-electron chi connectivity index (χ0n) is 14.2. The molecular formula is C19H18N2O5. The van der Waals surface area contributed by atoms with Crippen LogP contribution in [0.4, 0.5) is 11.4 Å². The van der Waals surface area contributed by atoms with Crippen molar-refractivity contribution in [2.45, 2.75) is 13.3 Å². The molecule has 0 atom stereocenters. The summed E-state index contributed by atoms with van der Waals surface area (Å²) in [5.74, 6) is -0.798. The van der Waals surface area contributed by atoms with Gasteiger partial charge in [0, 0.05) is 23.9 Å². The molecule has 0 aliphatic carbocycles. The molecule has 1 amide bonds. The van der Waals surface area contributed by atoms with E-state index >= 15 is 0 Å². The molecule has 1 N–H and O–H groups in total. The molecule has 0 bridgehead atoms. The summed E-state index contributed by atoms with van der Waals surface area (Å²) < 4.78 is 5.03. The number of benzene rings is 2. The second kappa shape index (κ2) is 9.12. The number of esters is 1. The van der Waals surface area contributed by atoms with Gasteiger partial charge in [-0.2, -0.15) is 0 Å². The molecule has 0 saturated heterocycles. The van der Waals surface area contributed by atoms with Crippen LogP contribution in [0.2, 0.25) is 0 Å². The predicted molar refractivity (Wildman–Crippen MR) is 97.8 cm³/mol. The topological polar surface area (TPSA) is 98.5 Å². The van der Waals surface area contributed by atoms with E-state index in [1.54, 1.807) is 36.4 Å². The van der Waals surface area contributed by atoms with Crippen molar-refractivity contribution in [1.82, 2.24) is 0 Å². The minimum Gasteiger partial charge on any atom is -0.462 e. The largest absolute Gasteiger partial charge is 0.462 e. The Kier molecular flexibility index (Phi) is 6.61. The Labute approximate surface area is 150 Å². The first kappa shape index (κ1) is 18.9. The second-order valence-corrected chi connectivity index (χ2v) is 5.39. The average molecular weight is 354 g/mol. The molecule has 0 aromatic heterocycles. The summed E-state index contributed by atoms with van der Waals surface area (Å²) in [4.78, 5) is 33.9. The fourth-order valence-corrected chi connectivity index (χ4v) is 2.07. The SMILES string of the molecule is CCCOC(=O)c1ccc(NC(=O)C=Cc2cccc([N+](=O)[O-])c2)cc1.